The summed E-state index contributed by atoms with van der Waals surface area (Å²) in [6, 6.07) is 19.2. The molecule has 88 heavy (non-hydrogen) atoms. The van der Waals surface area contributed by atoms with E-state index < -0.39 is 35.6 Å². The van der Waals surface area contributed by atoms with Gasteiger partial charge in [-0.3, -0.25) is 34.6 Å². The Balaban J connectivity index is 0.000000489. The number of benzene rings is 4. The Morgan fingerprint density at radius 2 is 1.14 bits per heavy atom. The van der Waals surface area contributed by atoms with Crippen LogP contribution < -0.4 is 154 Å². The number of nitrogens with zero attached hydrogens (tertiary/aromatic N) is 7. The molecular formula is C56H67Cl3FK2N11O13P2. The van der Waals surface area contributed by atoms with Gasteiger partial charge in [0.2, 0.25) is 17.7 Å². The number of Topliss-reactive ketones (excluding diaryl/α,β-unsaturated/α-hetero) is 2. The second kappa shape index (κ2) is 35.0. The summed E-state index contributed by atoms with van der Waals surface area (Å²) in [5, 5.41) is 45.3. The number of carbonyl (C=O) groups excluding carboxylic acids is 3. The number of ketones is 2. The number of nitrogens with one attached hydrogen (secondary N) is 4. The summed E-state index contributed by atoms with van der Waals surface area (Å²) in [4.78, 5) is 74.4. The molecule has 0 bridgehead atoms. The van der Waals surface area contributed by atoms with Crippen LogP contribution in [-0.2, 0) is 28.4 Å². The molecule has 6 aromatic rings. The van der Waals surface area contributed by atoms with E-state index in [1.807, 2.05) is 17.0 Å². The third-order valence-electron chi connectivity index (χ3n) is 14.1. The zero-order valence-corrected chi connectivity index (χ0v) is 60.7. The van der Waals surface area contributed by atoms with E-state index in [2.05, 4.69) is 59.9 Å². The number of methoxy groups -OCH3 is 2. The Bertz CT molecular complexity index is 3560. The van der Waals surface area contributed by atoms with Gasteiger partial charge in [-0.05, 0) is 81.0 Å². The van der Waals surface area contributed by atoms with E-state index in [0.717, 1.165) is 37.8 Å². The first-order chi connectivity index (χ1) is 40.1. The van der Waals surface area contributed by atoms with Crippen molar-refractivity contribution < 1.29 is 162 Å². The predicted molar refractivity (Wildman–Crippen MR) is 333 cm³/mol. The van der Waals surface area contributed by atoms with Crippen molar-refractivity contribution in [1.82, 2.24) is 19.9 Å². The molecule has 4 N–H and O–H groups in total. The van der Waals surface area contributed by atoms with Crippen LogP contribution >= 0.6 is 49.9 Å². The fourth-order valence-corrected chi connectivity index (χ4v) is 12.4. The number of halogens is 4. The van der Waals surface area contributed by atoms with Gasteiger partial charge in [0.1, 0.15) is 53.1 Å². The summed E-state index contributed by atoms with van der Waals surface area (Å²) < 4.78 is 49.9. The molecule has 9 rings (SSSR count). The zero-order chi connectivity index (χ0) is 62.4. The van der Waals surface area contributed by atoms with Crippen molar-refractivity contribution in [2.24, 2.45) is 10.8 Å². The largest absolute Gasteiger partial charge is 1.00 e. The van der Waals surface area contributed by atoms with Crippen molar-refractivity contribution in [3.63, 3.8) is 0 Å². The van der Waals surface area contributed by atoms with E-state index in [-0.39, 0.29) is 179 Å². The summed E-state index contributed by atoms with van der Waals surface area (Å²) >= 11 is 12.6. The van der Waals surface area contributed by atoms with Gasteiger partial charge in [0.25, 0.3) is 12.2 Å². The van der Waals surface area contributed by atoms with Crippen molar-refractivity contribution in [3.8, 4) is 11.5 Å². The SMILES string of the molecule is CCCCC1(C)CC(=O)C1.COc1cc(F)c([N+](=O)[O-])cc1Nc1ncc(Cl)c(Nc2ccccc2P(C)(C)=O)n1.COc1cc(N2CCC3(CC2)CC(=O)C3)c([N+](=O)[O-])cc1Nc1ncc(Cl)c(Nc2ccccc2P(C)(C)=O)n1.Cl.O=CO[O-].[H-].[K+].[K+]. The molecule has 0 radical (unpaired) electrons. The Hall–Kier alpha value is -4.26. The number of para-hydroxylation sites is 2. The number of nitro benzene ring substituents is 2. The molecule has 464 valence electrons. The molecule has 24 nitrogen and oxygen atoms in total. The Labute approximate surface area is 611 Å². The van der Waals surface area contributed by atoms with Crippen molar-refractivity contribution in [2.45, 2.75) is 71.6 Å². The van der Waals surface area contributed by atoms with Gasteiger partial charge in [0, 0.05) is 73.6 Å². The van der Waals surface area contributed by atoms with Crippen molar-refractivity contribution in [3.05, 3.63) is 121 Å². The molecule has 32 heteroatoms. The summed E-state index contributed by atoms with van der Waals surface area (Å²) in [7, 11) is -2.39. The average Bonchev–Trinajstić information content (AvgIpc) is 2.20. The van der Waals surface area contributed by atoms with Gasteiger partial charge in [-0.1, -0.05) is 74.2 Å². The van der Waals surface area contributed by atoms with Gasteiger partial charge in [-0.2, -0.15) is 14.4 Å². The fourth-order valence-electron chi connectivity index (χ4n) is 9.84. The molecule has 1 aliphatic heterocycles. The van der Waals surface area contributed by atoms with E-state index in [1.54, 1.807) is 69.1 Å². The second-order valence-electron chi connectivity index (χ2n) is 21.5. The van der Waals surface area contributed by atoms with E-state index in [4.69, 9.17) is 42.7 Å². The number of hydrogen-bond acceptors (Lipinski definition) is 22. The van der Waals surface area contributed by atoms with Crippen LogP contribution in [0.1, 0.15) is 73.1 Å². The number of hydrogen-bond donors (Lipinski definition) is 4. The normalized spacial score (nSPS) is 14.2. The minimum atomic E-state index is -2.59. The van der Waals surface area contributed by atoms with E-state index in [9.17, 15) is 43.3 Å². The summed E-state index contributed by atoms with van der Waals surface area (Å²) in [6.45, 7) is 12.2. The molecule has 2 aromatic heterocycles. The number of nitro groups is 2. The third kappa shape index (κ3) is 21.4. The topological polar surface area (TPSA) is 325 Å². The molecule has 0 amide bonds. The molecule has 3 fully saturated rings. The second-order valence-corrected chi connectivity index (χ2v) is 28.6. The minimum Gasteiger partial charge on any atom is -1.00 e. The molecule has 0 atom stereocenters. The monoisotopic (exact) mass is 1370 g/mol. The van der Waals surface area contributed by atoms with Crippen LogP contribution in [0.5, 0.6) is 11.5 Å². The van der Waals surface area contributed by atoms with Crippen LogP contribution in [0, 0.1) is 36.9 Å². The molecular weight excluding hydrogens is 1300 g/mol. The molecule has 2 saturated carbocycles. The zero-order valence-electron chi connectivity index (χ0n) is 51.3. The van der Waals surface area contributed by atoms with Gasteiger partial charge >= 0.3 is 108 Å². The van der Waals surface area contributed by atoms with Crippen LogP contribution in [0.3, 0.4) is 0 Å². The molecule has 3 heterocycles. The first-order valence-corrected chi connectivity index (χ1v) is 32.4. The maximum absolute atomic E-state index is 13.9. The summed E-state index contributed by atoms with van der Waals surface area (Å²) in [6.07, 6.45) is 11.0. The van der Waals surface area contributed by atoms with Crippen molar-refractivity contribution >= 4 is 142 Å². The van der Waals surface area contributed by atoms with Crippen LogP contribution in [0.2, 0.25) is 10.0 Å². The first kappa shape index (κ1) is 78.0. The first-order valence-electron chi connectivity index (χ1n) is 26.5. The molecule has 1 saturated heterocycles. The molecule has 4 aromatic carbocycles. The Morgan fingerprint density at radius 1 is 0.716 bits per heavy atom. The van der Waals surface area contributed by atoms with E-state index >= 15 is 0 Å². The Kier molecular flexibility index (Phi) is 31.0. The van der Waals surface area contributed by atoms with Crippen LogP contribution in [0.25, 0.3) is 0 Å². The number of aromatic nitrogens is 4. The maximum Gasteiger partial charge on any atom is 1.00 e. The molecule has 0 unspecified atom stereocenters. The number of unbranched alkanes of at least 4 members (excludes halogenated alkanes) is 1. The standard InChI is InChI=1S/C27H30ClN6O5P.C19H18ClFN5O4P.C9H16O.CH2O3.ClH.2K.H/c1-39-23-13-21(33-10-8-27(9-11-33)14-17(35)15-27)22(34(36)37)12-20(23)31-26-29-16-18(28)25(32-26)30-19-6-4-5-7-24(19)40(2,3)38;1-30-16-8-12(21)15(26(27)28)9-14(16)24-19-22-10-11(20)18(25-19)23-13-6-4-5-7-17(13)31(2,3)29;1-3-4-5-9(2)6-8(10)7-9;2-1-4-3;;;;/h4-7,12-13,16H,8-11,14-15H2,1-3H3,(H2,29,30,31,32);4-10H,1-3H3,(H2,22,23,24,25);3-7H2,1-2H3;1,3H;1H;;;/q;;;;;2*+1;-1/p-1. The van der Waals surface area contributed by atoms with Gasteiger partial charge < -0.3 is 56.3 Å². The van der Waals surface area contributed by atoms with Crippen LogP contribution in [0.4, 0.5) is 67.7 Å². The number of ether oxygens (including phenoxy) is 2. The van der Waals surface area contributed by atoms with E-state index in [0.29, 0.717) is 82.0 Å². The van der Waals surface area contributed by atoms with Gasteiger partial charge in [0.15, 0.2) is 11.6 Å². The van der Waals surface area contributed by atoms with Crippen LogP contribution in [-0.4, -0.2) is 102 Å². The number of piperidine rings is 1. The minimum absolute atomic E-state index is 0. The predicted octanol–water partition coefficient (Wildman–Crippen LogP) is 6.18. The quantitative estimate of drug-likeness (QED) is 0.0176. The maximum atomic E-state index is 13.9. The Morgan fingerprint density at radius 3 is 1.52 bits per heavy atom. The smallest absolute Gasteiger partial charge is 1.00 e. The van der Waals surface area contributed by atoms with Gasteiger partial charge in [-0.15, -0.1) is 12.4 Å². The van der Waals surface area contributed by atoms with Crippen molar-refractivity contribution in [1.29, 1.82) is 0 Å². The number of anilines is 9. The number of carbonyl (C=O) groups is 3. The molecule has 3 aliphatic rings. The van der Waals surface area contributed by atoms with Crippen LogP contribution in [0.15, 0.2) is 85.2 Å². The van der Waals surface area contributed by atoms with E-state index in [1.165, 1.54) is 51.9 Å². The fraction of sp³-hybridized carbons (Fsp3) is 0.375. The van der Waals surface area contributed by atoms with Gasteiger partial charge in [-0.25, -0.2) is 9.97 Å². The molecule has 1 spiro atoms. The van der Waals surface area contributed by atoms with Gasteiger partial charge in [0.05, 0.1) is 59.2 Å². The number of rotatable bonds is 19. The third-order valence-corrected chi connectivity index (χ3v) is 17.8. The average molecular weight is 1370 g/mol. The molecule has 2 aliphatic carbocycles. The summed E-state index contributed by atoms with van der Waals surface area (Å²) in [5.74, 6) is 0.785. The van der Waals surface area contributed by atoms with Crippen molar-refractivity contribution in [2.75, 3.05) is 80.1 Å². The summed E-state index contributed by atoms with van der Waals surface area (Å²) in [5.41, 5.74) is 1.69.